The lowest BCUT2D eigenvalue weighted by Gasteiger charge is -1.99. The number of halogens is 1. The van der Waals surface area contributed by atoms with Gasteiger partial charge in [-0.25, -0.2) is 9.97 Å². The molecule has 0 unspecified atom stereocenters. The quantitative estimate of drug-likeness (QED) is 0.788. The minimum atomic E-state index is 0. The molecule has 0 saturated heterocycles. The number of rotatable bonds is 3. The first-order valence-corrected chi connectivity index (χ1v) is 6.35. The van der Waals surface area contributed by atoms with Gasteiger partial charge in [-0.3, -0.25) is 4.98 Å². The molecule has 1 N–H and O–H groups in total. The van der Waals surface area contributed by atoms with Crippen molar-refractivity contribution in [1.82, 2.24) is 15.0 Å². The Kier molecular flexibility index (Phi) is 4.59. The van der Waals surface area contributed by atoms with Crippen molar-refractivity contribution in [2.45, 2.75) is 0 Å². The highest BCUT2D eigenvalue weighted by atomic mass is 79.9. The van der Waals surface area contributed by atoms with E-state index in [1.54, 1.807) is 12.4 Å². The summed E-state index contributed by atoms with van der Waals surface area (Å²) in [5, 5.41) is 5.96. The van der Waals surface area contributed by atoms with E-state index in [1.165, 1.54) is 11.3 Å². The Morgan fingerprint density at radius 1 is 0.895 bits per heavy atom. The van der Waals surface area contributed by atoms with E-state index >= 15 is 0 Å². The molecule has 0 aliphatic carbocycles. The molecule has 4 nitrogen and oxygen atoms in total. The van der Waals surface area contributed by atoms with E-state index < -0.39 is 0 Å². The number of nitrogens with one attached hydrogen (secondary N) is 1. The van der Waals surface area contributed by atoms with Crippen molar-refractivity contribution in [2.24, 2.45) is 0 Å². The summed E-state index contributed by atoms with van der Waals surface area (Å²) in [6.45, 7) is 0. The van der Waals surface area contributed by atoms with E-state index in [9.17, 15) is 0 Å². The second-order valence-corrected chi connectivity index (χ2v) is 4.45. The lowest BCUT2D eigenvalue weighted by Crippen LogP contribution is -1.91. The van der Waals surface area contributed by atoms with E-state index in [1.807, 2.05) is 41.8 Å². The summed E-state index contributed by atoms with van der Waals surface area (Å²) in [6, 6.07) is 11.5. The molecule has 3 heterocycles. The molecule has 0 amide bonds. The number of nitrogens with zero attached hydrogens (tertiary/aromatic N) is 3. The maximum Gasteiger partial charge on any atom is 0.188 e. The molecule has 0 aliphatic heterocycles. The largest absolute Gasteiger partial charge is 0.316 e. The molecule has 0 aromatic carbocycles. The Bertz CT molecular complexity index is 627. The summed E-state index contributed by atoms with van der Waals surface area (Å²) in [6.07, 6.45) is 3.51. The minimum Gasteiger partial charge on any atom is -0.316 e. The molecule has 19 heavy (non-hydrogen) atoms. The predicted molar refractivity (Wildman–Crippen MR) is 83.2 cm³/mol. The normalized spacial score (nSPS) is 9.68. The Morgan fingerprint density at radius 3 is 2.37 bits per heavy atom. The van der Waals surface area contributed by atoms with Crippen LogP contribution < -0.4 is 5.32 Å². The van der Waals surface area contributed by atoms with Crippen LogP contribution in [0.3, 0.4) is 0 Å². The van der Waals surface area contributed by atoms with Crippen molar-refractivity contribution in [3.05, 3.63) is 54.2 Å². The molecule has 6 heteroatoms. The second-order valence-electron chi connectivity index (χ2n) is 3.59. The topological polar surface area (TPSA) is 50.7 Å². The van der Waals surface area contributed by atoms with E-state index in [-0.39, 0.29) is 17.0 Å². The zero-order valence-corrected chi connectivity index (χ0v) is 12.4. The standard InChI is InChI=1S/C13H10N4S.BrH/c1-3-7-14-10(5-1)11-9-18-13(16-11)17-12-6-2-4-8-15-12;/h1-9H,(H,15,16,17);1H. The Morgan fingerprint density at radius 2 is 1.68 bits per heavy atom. The Labute approximate surface area is 125 Å². The van der Waals surface area contributed by atoms with Crippen LogP contribution in [0.4, 0.5) is 10.9 Å². The van der Waals surface area contributed by atoms with E-state index in [4.69, 9.17) is 0 Å². The third-order valence-electron chi connectivity index (χ3n) is 2.33. The third-order valence-corrected chi connectivity index (χ3v) is 3.09. The first-order valence-electron chi connectivity index (χ1n) is 5.47. The molecule has 0 atom stereocenters. The predicted octanol–water partition coefficient (Wildman–Crippen LogP) is 3.92. The van der Waals surface area contributed by atoms with Gasteiger partial charge in [0, 0.05) is 17.8 Å². The fourth-order valence-electron chi connectivity index (χ4n) is 1.51. The van der Waals surface area contributed by atoms with Gasteiger partial charge in [0.25, 0.3) is 0 Å². The third kappa shape index (κ3) is 3.36. The number of aromatic nitrogens is 3. The van der Waals surface area contributed by atoms with Crippen LogP contribution in [-0.4, -0.2) is 15.0 Å². The molecular formula is C13H11BrN4S. The zero-order valence-electron chi connectivity index (χ0n) is 9.85. The van der Waals surface area contributed by atoms with Crippen LogP contribution >= 0.6 is 28.3 Å². The Balaban J connectivity index is 0.00000133. The van der Waals surface area contributed by atoms with Gasteiger partial charge in [-0.1, -0.05) is 12.1 Å². The number of anilines is 2. The van der Waals surface area contributed by atoms with Crippen LogP contribution in [0.15, 0.2) is 54.2 Å². The second kappa shape index (κ2) is 6.40. The van der Waals surface area contributed by atoms with Gasteiger partial charge in [0.15, 0.2) is 5.13 Å². The molecule has 3 aromatic rings. The maximum atomic E-state index is 4.48. The van der Waals surface area contributed by atoms with Crippen LogP contribution in [0.2, 0.25) is 0 Å². The Hall–Kier alpha value is -1.79. The van der Waals surface area contributed by atoms with Crippen molar-refractivity contribution >= 4 is 39.3 Å². The molecular weight excluding hydrogens is 324 g/mol. The number of thiazole rings is 1. The van der Waals surface area contributed by atoms with Crippen LogP contribution in [0.5, 0.6) is 0 Å². The van der Waals surface area contributed by atoms with Gasteiger partial charge in [-0.15, -0.1) is 28.3 Å². The van der Waals surface area contributed by atoms with Gasteiger partial charge in [0.2, 0.25) is 0 Å². The highest BCUT2D eigenvalue weighted by molar-refractivity contribution is 8.93. The van der Waals surface area contributed by atoms with Gasteiger partial charge < -0.3 is 5.32 Å². The van der Waals surface area contributed by atoms with E-state index in [2.05, 4.69) is 20.3 Å². The summed E-state index contributed by atoms with van der Waals surface area (Å²) in [4.78, 5) is 12.9. The average molecular weight is 335 g/mol. The van der Waals surface area contributed by atoms with Crippen molar-refractivity contribution in [3.8, 4) is 11.4 Å². The lowest BCUT2D eigenvalue weighted by atomic mass is 10.3. The molecule has 3 rings (SSSR count). The molecule has 0 fully saturated rings. The summed E-state index contributed by atoms with van der Waals surface area (Å²) in [5.41, 5.74) is 1.75. The first kappa shape index (κ1) is 13.6. The molecule has 96 valence electrons. The fraction of sp³-hybridized carbons (Fsp3) is 0. The van der Waals surface area contributed by atoms with E-state index in [0.717, 1.165) is 22.3 Å². The summed E-state index contributed by atoms with van der Waals surface area (Å²) >= 11 is 1.54. The van der Waals surface area contributed by atoms with E-state index in [0.29, 0.717) is 0 Å². The fourth-order valence-corrected chi connectivity index (χ4v) is 2.22. The van der Waals surface area contributed by atoms with Crippen molar-refractivity contribution < 1.29 is 0 Å². The van der Waals surface area contributed by atoms with Gasteiger partial charge in [0.05, 0.1) is 5.69 Å². The molecule has 3 aromatic heterocycles. The number of hydrogen-bond donors (Lipinski definition) is 1. The molecule has 0 spiro atoms. The highest BCUT2D eigenvalue weighted by Gasteiger charge is 2.05. The minimum absolute atomic E-state index is 0. The lowest BCUT2D eigenvalue weighted by molar-refractivity contribution is 1.26. The van der Waals surface area contributed by atoms with Crippen LogP contribution in [-0.2, 0) is 0 Å². The average Bonchev–Trinajstić information content (AvgIpc) is 2.89. The monoisotopic (exact) mass is 334 g/mol. The zero-order chi connectivity index (χ0) is 12.2. The van der Waals surface area contributed by atoms with Gasteiger partial charge in [-0.05, 0) is 24.3 Å². The van der Waals surface area contributed by atoms with Gasteiger partial charge in [0.1, 0.15) is 11.5 Å². The maximum absolute atomic E-state index is 4.48. The smallest absolute Gasteiger partial charge is 0.188 e. The van der Waals surface area contributed by atoms with Crippen molar-refractivity contribution in [1.29, 1.82) is 0 Å². The van der Waals surface area contributed by atoms with Gasteiger partial charge in [-0.2, -0.15) is 0 Å². The molecule has 0 radical (unpaired) electrons. The summed E-state index contributed by atoms with van der Waals surface area (Å²) < 4.78 is 0. The highest BCUT2D eigenvalue weighted by Crippen LogP contribution is 2.24. The SMILES string of the molecule is Br.c1ccc(Nc2nc(-c3ccccn3)cs2)nc1. The molecule has 0 bridgehead atoms. The number of hydrogen-bond acceptors (Lipinski definition) is 5. The first-order chi connectivity index (χ1) is 8.92. The van der Waals surface area contributed by atoms with Crippen molar-refractivity contribution in [2.75, 3.05) is 5.32 Å². The van der Waals surface area contributed by atoms with Crippen molar-refractivity contribution in [3.63, 3.8) is 0 Å². The van der Waals surface area contributed by atoms with Gasteiger partial charge >= 0.3 is 0 Å². The molecule has 0 saturated carbocycles. The number of pyridine rings is 2. The summed E-state index contributed by atoms with van der Waals surface area (Å²) in [7, 11) is 0. The van der Waals surface area contributed by atoms with Crippen LogP contribution in [0.1, 0.15) is 0 Å². The van der Waals surface area contributed by atoms with Crippen LogP contribution in [0.25, 0.3) is 11.4 Å². The molecule has 0 aliphatic rings. The summed E-state index contributed by atoms with van der Waals surface area (Å²) in [5.74, 6) is 0.791. The van der Waals surface area contributed by atoms with Crippen LogP contribution in [0, 0.1) is 0 Å².